The van der Waals surface area contributed by atoms with E-state index in [-0.39, 0.29) is 37.7 Å². The van der Waals surface area contributed by atoms with E-state index >= 15 is 0 Å². The number of methoxy groups -OCH3 is 2. The molecule has 0 bridgehead atoms. The van der Waals surface area contributed by atoms with Crippen LogP contribution in [0.25, 0.3) is 97.3 Å². The van der Waals surface area contributed by atoms with Crippen molar-refractivity contribution in [1.82, 2.24) is 0 Å². The number of ether oxygens (including phenoxy) is 2. The molecule has 382 valence electrons. The van der Waals surface area contributed by atoms with Crippen LogP contribution in [0.4, 0.5) is 0 Å². The van der Waals surface area contributed by atoms with E-state index in [1.807, 2.05) is 12.1 Å². The highest BCUT2D eigenvalue weighted by atomic mass is 79.9. The van der Waals surface area contributed by atoms with Gasteiger partial charge in [-0.05, 0) is 189 Å². The summed E-state index contributed by atoms with van der Waals surface area (Å²) in [6, 6.07) is 67.5. The van der Waals surface area contributed by atoms with E-state index in [9.17, 15) is 9.59 Å². The second-order valence-corrected chi connectivity index (χ2v) is 22.6. The molecule has 1 fully saturated rings. The topological polar surface area (TPSA) is 71.1 Å². The average molecular weight is 1210 g/mol. The zero-order valence-corrected chi connectivity index (χ0v) is 47.4. The minimum Gasteiger partial charge on any atom is -0.465 e. The third-order valence-corrected chi connectivity index (χ3v) is 16.7. The SMILES string of the molecule is C.CC1(C)OB(c2ccc3c(c2)c2ccccc2c2ccc4ccccc4c23)OC1(C)C.COC(=O)c1ccc(Br)cc1-c1ccc2c(c1)c1ccccc1c1ccc3ccccc3c12.COC(=O)c1ccc(Br)cc1Br. The Morgan fingerprint density at radius 2 is 0.818 bits per heavy atom. The van der Waals surface area contributed by atoms with E-state index in [1.54, 1.807) is 24.3 Å². The van der Waals surface area contributed by atoms with Crippen molar-refractivity contribution in [3.63, 3.8) is 0 Å². The van der Waals surface area contributed by atoms with Crippen LogP contribution < -0.4 is 5.46 Å². The summed E-state index contributed by atoms with van der Waals surface area (Å²) in [7, 11) is 2.41. The molecule has 0 unspecified atom stereocenters. The Hall–Kier alpha value is -6.92. The highest BCUT2D eigenvalue weighted by molar-refractivity contribution is 9.11. The molecule has 0 spiro atoms. The quantitative estimate of drug-likeness (QED) is 0.0993. The number of esters is 2. The van der Waals surface area contributed by atoms with Gasteiger partial charge in [0, 0.05) is 13.4 Å². The van der Waals surface area contributed by atoms with Crippen LogP contribution in [0.2, 0.25) is 0 Å². The van der Waals surface area contributed by atoms with Crippen molar-refractivity contribution >= 4 is 158 Å². The number of carbonyl (C=O) groups is 2. The van der Waals surface area contributed by atoms with Crippen LogP contribution in [0.1, 0.15) is 55.8 Å². The molecule has 77 heavy (non-hydrogen) atoms. The van der Waals surface area contributed by atoms with Crippen molar-refractivity contribution in [2.75, 3.05) is 14.2 Å². The van der Waals surface area contributed by atoms with Crippen molar-refractivity contribution < 1.29 is 28.4 Å². The molecule has 1 heterocycles. The molecule has 12 aromatic rings. The number of hydrogen-bond acceptors (Lipinski definition) is 6. The molecule has 12 aromatic carbocycles. The van der Waals surface area contributed by atoms with E-state index < -0.39 is 0 Å². The molecule has 1 aliphatic rings. The van der Waals surface area contributed by atoms with Crippen molar-refractivity contribution in [2.45, 2.75) is 46.3 Å². The summed E-state index contributed by atoms with van der Waals surface area (Å²) in [5.41, 5.74) is 3.27. The zero-order chi connectivity index (χ0) is 53.0. The van der Waals surface area contributed by atoms with Crippen LogP contribution in [0.15, 0.2) is 208 Å². The summed E-state index contributed by atoms with van der Waals surface area (Å²) in [6.07, 6.45) is 0. The molecule has 10 heteroatoms. The number of benzene rings is 12. The molecule has 1 saturated heterocycles. The Balaban J connectivity index is 0.000000143. The Labute approximate surface area is 473 Å². The summed E-state index contributed by atoms with van der Waals surface area (Å²) in [5, 5.41) is 20.0. The highest BCUT2D eigenvalue weighted by Gasteiger charge is 2.51. The molecule has 0 atom stereocenters. The summed E-state index contributed by atoms with van der Waals surface area (Å²) in [5.74, 6) is -0.679. The fourth-order valence-corrected chi connectivity index (χ4v) is 12.1. The first-order chi connectivity index (χ1) is 36.7. The van der Waals surface area contributed by atoms with Crippen LogP contribution in [-0.4, -0.2) is 44.5 Å². The summed E-state index contributed by atoms with van der Waals surface area (Å²) in [4.78, 5) is 23.6. The molecule has 1 aliphatic heterocycles. The van der Waals surface area contributed by atoms with E-state index in [1.165, 1.54) is 100 Å². The van der Waals surface area contributed by atoms with Gasteiger partial charge in [-0.25, -0.2) is 9.59 Å². The maximum Gasteiger partial charge on any atom is 0.494 e. The minimum atomic E-state index is -0.364. The molecule has 0 aromatic heterocycles. The maximum absolute atomic E-state index is 12.5. The standard InChI is InChI=1S/C30H19BrO2.C28H25BO2.C8H6Br2O2.CH4/c1-33-30(32)26-15-12-20(31)17-27(26)19-11-14-25-28(16-19)23-9-5-4-8-22(23)24-13-10-18-6-2-3-7-21(18)29(24)25;1-27(2)28(3,4)31-29(30-27)19-14-16-24-25(17-19)22-12-8-7-11-21(22)23-15-13-18-9-5-6-10-20(18)26(23)24;1-12-8(11)6-3-2-5(9)4-7(6)10;/h2-17H,1H3;5-17H,1-4H3;2-4H,1H3;1H4. The van der Waals surface area contributed by atoms with Crippen LogP contribution in [0.3, 0.4) is 0 Å². The molecule has 6 nitrogen and oxygen atoms in total. The number of halogens is 3. The van der Waals surface area contributed by atoms with Gasteiger partial charge in [0.1, 0.15) is 0 Å². The lowest BCUT2D eigenvalue weighted by Crippen LogP contribution is -2.41. The normalized spacial score (nSPS) is 13.6. The first kappa shape index (κ1) is 53.5. The lowest BCUT2D eigenvalue weighted by Gasteiger charge is -2.32. The average Bonchev–Trinajstić information content (AvgIpc) is 3.67. The zero-order valence-electron chi connectivity index (χ0n) is 42.6. The minimum absolute atomic E-state index is 0. The number of rotatable bonds is 4. The first-order valence-electron chi connectivity index (χ1n) is 25.0. The Bertz CT molecular complexity index is 4310. The van der Waals surface area contributed by atoms with Gasteiger partial charge in [0.2, 0.25) is 0 Å². The van der Waals surface area contributed by atoms with E-state index in [0.29, 0.717) is 11.1 Å². The summed E-state index contributed by atoms with van der Waals surface area (Å²) in [6.45, 7) is 8.40. The van der Waals surface area contributed by atoms with Gasteiger partial charge in [0.25, 0.3) is 0 Å². The molecular formula is C67H54BBr3O6. The Morgan fingerprint density at radius 3 is 1.32 bits per heavy atom. The van der Waals surface area contributed by atoms with Crippen LogP contribution in [0.5, 0.6) is 0 Å². The Kier molecular flexibility index (Phi) is 14.9. The van der Waals surface area contributed by atoms with E-state index in [4.69, 9.17) is 14.0 Å². The summed E-state index contributed by atoms with van der Waals surface area (Å²) < 4.78 is 24.9. The Morgan fingerprint density at radius 1 is 0.416 bits per heavy atom. The fraction of sp³-hybridized carbons (Fsp3) is 0.134. The molecule has 0 saturated carbocycles. The number of fused-ring (bicyclic) bond motifs is 16. The third-order valence-electron chi connectivity index (χ3n) is 15.0. The van der Waals surface area contributed by atoms with E-state index in [0.717, 1.165) is 30.0 Å². The van der Waals surface area contributed by atoms with Gasteiger partial charge in [-0.3, -0.25) is 0 Å². The van der Waals surface area contributed by atoms with Gasteiger partial charge in [0.05, 0.1) is 36.5 Å². The van der Waals surface area contributed by atoms with Crippen molar-refractivity contribution in [3.8, 4) is 11.1 Å². The monoisotopic (exact) mass is 1200 g/mol. The van der Waals surface area contributed by atoms with E-state index in [2.05, 4.69) is 238 Å². The third kappa shape index (κ3) is 9.80. The molecule has 13 rings (SSSR count). The second-order valence-electron chi connectivity index (χ2n) is 20.0. The summed E-state index contributed by atoms with van der Waals surface area (Å²) >= 11 is 10.1. The predicted octanol–water partition coefficient (Wildman–Crippen LogP) is 18.7. The predicted molar refractivity (Wildman–Crippen MR) is 333 cm³/mol. The van der Waals surface area contributed by atoms with Crippen molar-refractivity contribution in [1.29, 1.82) is 0 Å². The van der Waals surface area contributed by atoms with Gasteiger partial charge < -0.3 is 18.8 Å². The largest absolute Gasteiger partial charge is 0.494 e. The fourth-order valence-electron chi connectivity index (χ4n) is 10.6. The van der Waals surface area contributed by atoms with Gasteiger partial charge in [0.15, 0.2) is 0 Å². The number of hydrogen-bond donors (Lipinski definition) is 0. The van der Waals surface area contributed by atoms with Gasteiger partial charge in [-0.1, -0.05) is 191 Å². The number of carbonyl (C=O) groups excluding carboxylic acids is 2. The maximum atomic E-state index is 12.5. The van der Waals surface area contributed by atoms with Crippen LogP contribution in [0, 0.1) is 0 Å². The molecule has 0 aliphatic carbocycles. The first-order valence-corrected chi connectivity index (χ1v) is 27.3. The molecule has 0 N–H and O–H groups in total. The molecule has 0 radical (unpaired) electrons. The van der Waals surface area contributed by atoms with Crippen LogP contribution >= 0.6 is 47.8 Å². The second kappa shape index (κ2) is 21.5. The van der Waals surface area contributed by atoms with Crippen molar-refractivity contribution in [2.24, 2.45) is 0 Å². The highest BCUT2D eigenvalue weighted by Crippen LogP contribution is 2.43. The van der Waals surface area contributed by atoms with Gasteiger partial charge in [-0.2, -0.15) is 0 Å². The smallest absolute Gasteiger partial charge is 0.465 e. The van der Waals surface area contributed by atoms with Gasteiger partial charge >= 0.3 is 19.1 Å². The van der Waals surface area contributed by atoms with Gasteiger partial charge in [-0.15, -0.1) is 0 Å². The molecule has 0 amide bonds. The lowest BCUT2D eigenvalue weighted by molar-refractivity contribution is 0.00578. The van der Waals surface area contributed by atoms with Crippen LogP contribution in [-0.2, 0) is 18.8 Å². The van der Waals surface area contributed by atoms with Crippen molar-refractivity contribution in [3.05, 3.63) is 219 Å². The molecular weight excluding hydrogens is 1150 g/mol. The lowest BCUT2D eigenvalue weighted by atomic mass is 9.77.